The van der Waals surface area contributed by atoms with Gasteiger partial charge in [0.15, 0.2) is 0 Å². The van der Waals surface area contributed by atoms with Crippen LogP contribution in [0.2, 0.25) is 0 Å². The molecule has 96 valence electrons. The molecule has 0 spiro atoms. The highest BCUT2D eigenvalue weighted by Gasteiger charge is 2.20. The van der Waals surface area contributed by atoms with Gasteiger partial charge in [0, 0.05) is 19.0 Å². The summed E-state index contributed by atoms with van der Waals surface area (Å²) in [5.41, 5.74) is 0. The summed E-state index contributed by atoms with van der Waals surface area (Å²) in [6.07, 6.45) is 7.10. The molecule has 0 saturated carbocycles. The Labute approximate surface area is 102 Å². The van der Waals surface area contributed by atoms with Crippen molar-refractivity contribution in [3.63, 3.8) is 0 Å². The Bertz CT molecular complexity index is 297. The number of nitrogens with zero attached hydrogens (tertiary/aromatic N) is 1. The van der Waals surface area contributed by atoms with Gasteiger partial charge in [-0.1, -0.05) is 6.92 Å². The van der Waals surface area contributed by atoms with Crippen LogP contribution in [0.1, 0.15) is 33.1 Å². The number of carboxylic acids is 1. The Morgan fingerprint density at radius 3 is 2.65 bits per heavy atom. The molecule has 0 aliphatic carbocycles. The molecule has 1 unspecified atom stereocenters. The molecule has 0 saturated heterocycles. The van der Waals surface area contributed by atoms with Gasteiger partial charge in [0.05, 0.1) is 0 Å². The van der Waals surface area contributed by atoms with E-state index in [1.807, 2.05) is 13.8 Å². The molecule has 0 rings (SSSR count). The molecular formula is C12H20N2O3. The van der Waals surface area contributed by atoms with Crippen molar-refractivity contribution < 1.29 is 14.7 Å². The molecule has 0 aliphatic rings. The van der Waals surface area contributed by atoms with Gasteiger partial charge in [-0.15, -0.1) is 12.3 Å². The van der Waals surface area contributed by atoms with Crippen LogP contribution in [-0.4, -0.2) is 41.1 Å². The van der Waals surface area contributed by atoms with Crippen molar-refractivity contribution >= 4 is 12.0 Å². The highest BCUT2D eigenvalue weighted by atomic mass is 16.4. The fraction of sp³-hybridized carbons (Fsp3) is 0.667. The minimum Gasteiger partial charge on any atom is -0.480 e. The number of carbonyl (C=O) groups is 2. The Morgan fingerprint density at radius 1 is 1.53 bits per heavy atom. The molecule has 17 heavy (non-hydrogen) atoms. The first-order valence-electron chi connectivity index (χ1n) is 5.72. The third kappa shape index (κ3) is 6.46. The maximum atomic E-state index is 11.7. The van der Waals surface area contributed by atoms with E-state index in [-0.39, 0.29) is 18.6 Å². The minimum atomic E-state index is -1.01. The summed E-state index contributed by atoms with van der Waals surface area (Å²) in [6, 6.07) is -0.447. The summed E-state index contributed by atoms with van der Waals surface area (Å²) in [4.78, 5) is 23.7. The predicted octanol–water partition coefficient (Wildman–Crippen LogP) is 1.29. The van der Waals surface area contributed by atoms with Crippen LogP contribution in [0, 0.1) is 12.3 Å². The van der Waals surface area contributed by atoms with E-state index in [2.05, 4.69) is 11.2 Å². The highest BCUT2D eigenvalue weighted by Crippen LogP contribution is 2.03. The van der Waals surface area contributed by atoms with Gasteiger partial charge in [-0.25, -0.2) is 4.79 Å². The van der Waals surface area contributed by atoms with Crippen LogP contribution >= 0.6 is 0 Å². The number of carboxylic acid groups (broad SMARTS) is 1. The topological polar surface area (TPSA) is 69.6 Å². The summed E-state index contributed by atoms with van der Waals surface area (Å²) in [5, 5.41) is 11.4. The third-order valence-corrected chi connectivity index (χ3v) is 2.46. The lowest BCUT2D eigenvalue weighted by molar-refractivity contribution is -0.138. The number of hydrogen-bond acceptors (Lipinski definition) is 2. The van der Waals surface area contributed by atoms with Gasteiger partial charge in [-0.2, -0.15) is 0 Å². The molecule has 0 aromatic rings. The van der Waals surface area contributed by atoms with E-state index in [4.69, 9.17) is 11.5 Å². The molecule has 5 nitrogen and oxygen atoms in total. The van der Waals surface area contributed by atoms with E-state index < -0.39 is 5.97 Å². The number of terminal acetylenes is 1. The van der Waals surface area contributed by atoms with Crippen LogP contribution < -0.4 is 5.32 Å². The van der Waals surface area contributed by atoms with Crippen LogP contribution in [0.25, 0.3) is 0 Å². The van der Waals surface area contributed by atoms with Gasteiger partial charge in [0.25, 0.3) is 0 Å². The van der Waals surface area contributed by atoms with Gasteiger partial charge < -0.3 is 15.3 Å². The average molecular weight is 240 g/mol. The second-order valence-corrected chi connectivity index (χ2v) is 3.82. The summed E-state index contributed by atoms with van der Waals surface area (Å²) in [6.45, 7) is 3.92. The maximum absolute atomic E-state index is 11.7. The fourth-order valence-electron chi connectivity index (χ4n) is 1.28. The van der Waals surface area contributed by atoms with Gasteiger partial charge in [0.1, 0.15) is 6.54 Å². The zero-order chi connectivity index (χ0) is 13.3. The molecule has 0 aliphatic heterocycles. The number of amides is 2. The number of nitrogens with one attached hydrogen (secondary N) is 1. The van der Waals surface area contributed by atoms with E-state index in [9.17, 15) is 9.59 Å². The van der Waals surface area contributed by atoms with Crippen molar-refractivity contribution in [2.45, 2.75) is 39.2 Å². The van der Waals surface area contributed by atoms with E-state index in [1.54, 1.807) is 0 Å². The molecule has 2 N–H and O–H groups in total. The SMILES string of the molecule is C#CCCCNC(=O)N(CC(=O)O)C(C)CC. The van der Waals surface area contributed by atoms with Crippen molar-refractivity contribution in [2.24, 2.45) is 0 Å². The first-order valence-corrected chi connectivity index (χ1v) is 5.72. The zero-order valence-corrected chi connectivity index (χ0v) is 10.4. The number of urea groups is 1. The number of unbranched alkanes of at least 4 members (excludes halogenated alkanes) is 1. The molecule has 0 aromatic carbocycles. The van der Waals surface area contributed by atoms with Gasteiger partial charge in [0.2, 0.25) is 0 Å². The number of rotatable bonds is 7. The second-order valence-electron chi connectivity index (χ2n) is 3.82. The number of carbonyl (C=O) groups excluding carboxylic acids is 1. The van der Waals surface area contributed by atoms with Gasteiger partial charge >= 0.3 is 12.0 Å². The maximum Gasteiger partial charge on any atom is 0.323 e. The Balaban J connectivity index is 4.23. The Kier molecular flexibility index (Phi) is 7.61. The van der Waals surface area contributed by atoms with E-state index >= 15 is 0 Å². The number of aliphatic carboxylic acids is 1. The van der Waals surface area contributed by atoms with Crippen molar-refractivity contribution in [1.82, 2.24) is 10.2 Å². The molecule has 1 atom stereocenters. The van der Waals surface area contributed by atoms with Crippen LogP contribution in [-0.2, 0) is 4.79 Å². The van der Waals surface area contributed by atoms with Crippen LogP contribution in [0.4, 0.5) is 4.79 Å². The third-order valence-electron chi connectivity index (χ3n) is 2.46. The molecule has 5 heteroatoms. The summed E-state index contributed by atoms with van der Waals surface area (Å²) >= 11 is 0. The first-order chi connectivity index (χ1) is 8.02. The monoisotopic (exact) mass is 240 g/mol. The van der Waals surface area contributed by atoms with Gasteiger partial charge in [-0.05, 0) is 19.8 Å². The smallest absolute Gasteiger partial charge is 0.323 e. The highest BCUT2D eigenvalue weighted by molar-refractivity contribution is 5.80. The summed E-state index contributed by atoms with van der Waals surface area (Å²) in [7, 11) is 0. The quantitative estimate of drug-likeness (QED) is 0.520. The first kappa shape index (κ1) is 15.3. The molecule has 0 bridgehead atoms. The molecular weight excluding hydrogens is 220 g/mol. The largest absolute Gasteiger partial charge is 0.480 e. The van der Waals surface area contributed by atoms with E-state index in [0.29, 0.717) is 25.8 Å². The Morgan fingerprint density at radius 2 is 2.18 bits per heavy atom. The average Bonchev–Trinajstić information content (AvgIpc) is 2.30. The predicted molar refractivity (Wildman–Crippen MR) is 65.6 cm³/mol. The van der Waals surface area contributed by atoms with Crippen molar-refractivity contribution in [1.29, 1.82) is 0 Å². The lowest BCUT2D eigenvalue weighted by Crippen LogP contribution is -2.47. The van der Waals surface area contributed by atoms with Gasteiger partial charge in [-0.3, -0.25) is 4.79 Å². The summed E-state index contributed by atoms with van der Waals surface area (Å²) < 4.78 is 0. The summed E-state index contributed by atoms with van der Waals surface area (Å²) in [5.74, 6) is 1.47. The zero-order valence-electron chi connectivity index (χ0n) is 10.4. The molecule has 0 aromatic heterocycles. The lowest BCUT2D eigenvalue weighted by Gasteiger charge is -2.27. The molecule has 2 amide bonds. The molecule has 0 heterocycles. The normalized spacial score (nSPS) is 11.4. The Hall–Kier alpha value is -1.70. The lowest BCUT2D eigenvalue weighted by atomic mass is 10.2. The molecule has 0 fully saturated rings. The van der Waals surface area contributed by atoms with E-state index in [0.717, 1.165) is 0 Å². The van der Waals surface area contributed by atoms with E-state index in [1.165, 1.54) is 4.90 Å². The minimum absolute atomic E-state index is 0.0984. The van der Waals surface area contributed by atoms with Crippen LogP contribution in [0.5, 0.6) is 0 Å². The van der Waals surface area contributed by atoms with Crippen LogP contribution in [0.15, 0.2) is 0 Å². The second kappa shape index (κ2) is 8.45. The van der Waals surface area contributed by atoms with Crippen molar-refractivity contribution in [3.8, 4) is 12.3 Å². The fourth-order valence-corrected chi connectivity index (χ4v) is 1.28. The standard InChI is InChI=1S/C12H20N2O3/c1-4-6-7-8-13-12(17)14(9-11(15)16)10(3)5-2/h1,10H,5-9H2,2-3H3,(H,13,17)(H,15,16). The van der Waals surface area contributed by atoms with Crippen molar-refractivity contribution in [3.05, 3.63) is 0 Å². The number of hydrogen-bond donors (Lipinski definition) is 2. The van der Waals surface area contributed by atoms with Crippen molar-refractivity contribution in [2.75, 3.05) is 13.1 Å². The molecule has 0 radical (unpaired) electrons. The van der Waals surface area contributed by atoms with Crippen LogP contribution in [0.3, 0.4) is 0 Å².